The van der Waals surface area contributed by atoms with Crippen LogP contribution in [0.3, 0.4) is 0 Å². The molecule has 138 valence electrons. The standard InChI is InChI=1S/C19H17N3O5/c1-11-5-3-7-15-13(11)9-16(20-15)19(24)27-10-18(23)21-14-6-4-8-17(12(14)2)22(25)26/h3-9,20H,10H2,1-2H3,(H,21,23). The van der Waals surface area contributed by atoms with Crippen molar-refractivity contribution in [3.63, 3.8) is 0 Å². The summed E-state index contributed by atoms with van der Waals surface area (Å²) in [6.45, 7) is 2.96. The summed E-state index contributed by atoms with van der Waals surface area (Å²) in [5, 5.41) is 14.4. The molecule has 2 N–H and O–H groups in total. The zero-order chi connectivity index (χ0) is 19.6. The van der Waals surface area contributed by atoms with Gasteiger partial charge in [-0.1, -0.05) is 18.2 Å². The third-order valence-corrected chi connectivity index (χ3v) is 4.21. The summed E-state index contributed by atoms with van der Waals surface area (Å²) in [4.78, 5) is 37.6. The lowest BCUT2D eigenvalue weighted by Gasteiger charge is -2.08. The molecule has 2 aromatic carbocycles. The second-order valence-electron chi connectivity index (χ2n) is 6.05. The van der Waals surface area contributed by atoms with Crippen LogP contribution in [0.2, 0.25) is 0 Å². The average Bonchev–Trinajstić information content (AvgIpc) is 3.07. The summed E-state index contributed by atoms with van der Waals surface area (Å²) >= 11 is 0. The number of rotatable bonds is 5. The number of ether oxygens (including phenoxy) is 1. The lowest BCUT2D eigenvalue weighted by Crippen LogP contribution is -2.21. The van der Waals surface area contributed by atoms with E-state index in [2.05, 4.69) is 10.3 Å². The summed E-state index contributed by atoms with van der Waals surface area (Å²) in [5.74, 6) is -1.24. The van der Waals surface area contributed by atoms with Crippen LogP contribution in [0.15, 0.2) is 42.5 Å². The van der Waals surface area contributed by atoms with Gasteiger partial charge in [0.05, 0.1) is 16.2 Å². The van der Waals surface area contributed by atoms with Gasteiger partial charge in [-0.2, -0.15) is 0 Å². The van der Waals surface area contributed by atoms with Gasteiger partial charge < -0.3 is 15.0 Å². The first-order chi connectivity index (χ1) is 12.9. The third kappa shape index (κ3) is 3.79. The Labute approximate surface area is 154 Å². The molecule has 0 aliphatic heterocycles. The normalized spacial score (nSPS) is 10.6. The molecular weight excluding hydrogens is 350 g/mol. The van der Waals surface area contributed by atoms with Crippen molar-refractivity contribution in [2.24, 2.45) is 0 Å². The Morgan fingerprint density at radius 2 is 1.93 bits per heavy atom. The summed E-state index contributed by atoms with van der Waals surface area (Å²) in [7, 11) is 0. The molecule has 0 aliphatic carbocycles. The van der Waals surface area contributed by atoms with Gasteiger partial charge in [-0.25, -0.2) is 4.79 Å². The molecule has 1 heterocycles. The number of amides is 1. The molecule has 3 rings (SSSR count). The lowest BCUT2D eigenvalue weighted by atomic mass is 10.1. The molecule has 0 atom stereocenters. The number of fused-ring (bicyclic) bond motifs is 1. The van der Waals surface area contributed by atoms with Gasteiger partial charge in [0.1, 0.15) is 5.69 Å². The van der Waals surface area contributed by atoms with Gasteiger partial charge in [0.15, 0.2) is 6.61 Å². The maximum atomic E-state index is 12.2. The van der Waals surface area contributed by atoms with Crippen molar-refractivity contribution in [1.82, 2.24) is 4.98 Å². The number of hydrogen-bond donors (Lipinski definition) is 2. The van der Waals surface area contributed by atoms with Crippen LogP contribution < -0.4 is 5.32 Å². The monoisotopic (exact) mass is 367 g/mol. The average molecular weight is 367 g/mol. The highest BCUT2D eigenvalue weighted by Gasteiger charge is 2.17. The van der Waals surface area contributed by atoms with Gasteiger partial charge in [-0.15, -0.1) is 0 Å². The molecule has 0 aliphatic rings. The van der Waals surface area contributed by atoms with Crippen molar-refractivity contribution >= 4 is 34.2 Å². The SMILES string of the molecule is Cc1c(NC(=O)COC(=O)c2cc3c(C)cccc3[nH]2)cccc1[N+](=O)[O-]. The first-order valence-corrected chi connectivity index (χ1v) is 8.16. The number of nitro benzene ring substituents is 1. The first kappa shape index (κ1) is 18.1. The molecule has 3 aromatic rings. The van der Waals surface area contributed by atoms with E-state index in [1.807, 2.05) is 25.1 Å². The van der Waals surface area contributed by atoms with Gasteiger partial charge in [-0.3, -0.25) is 14.9 Å². The van der Waals surface area contributed by atoms with Crippen molar-refractivity contribution < 1.29 is 19.2 Å². The lowest BCUT2D eigenvalue weighted by molar-refractivity contribution is -0.385. The number of nitro groups is 1. The van der Waals surface area contributed by atoms with E-state index in [9.17, 15) is 19.7 Å². The quantitative estimate of drug-likeness (QED) is 0.407. The van der Waals surface area contributed by atoms with Gasteiger partial charge in [0, 0.05) is 17.0 Å². The van der Waals surface area contributed by atoms with E-state index >= 15 is 0 Å². The van der Waals surface area contributed by atoms with Crippen LogP contribution in [-0.4, -0.2) is 28.4 Å². The summed E-state index contributed by atoms with van der Waals surface area (Å²) in [6.07, 6.45) is 0. The highest BCUT2D eigenvalue weighted by atomic mass is 16.6. The van der Waals surface area contributed by atoms with Gasteiger partial charge in [-0.05, 0) is 37.6 Å². The highest BCUT2D eigenvalue weighted by molar-refractivity contribution is 5.98. The Balaban J connectivity index is 1.65. The molecular formula is C19H17N3O5. The van der Waals surface area contributed by atoms with Crippen LogP contribution >= 0.6 is 0 Å². The number of carbonyl (C=O) groups is 2. The van der Waals surface area contributed by atoms with Crippen molar-refractivity contribution in [3.8, 4) is 0 Å². The number of aromatic nitrogens is 1. The maximum absolute atomic E-state index is 12.2. The van der Waals surface area contributed by atoms with Crippen molar-refractivity contribution in [2.75, 3.05) is 11.9 Å². The van der Waals surface area contributed by atoms with Crippen molar-refractivity contribution in [3.05, 3.63) is 69.4 Å². The molecule has 0 fully saturated rings. The third-order valence-electron chi connectivity index (χ3n) is 4.21. The highest BCUT2D eigenvalue weighted by Crippen LogP contribution is 2.25. The van der Waals surface area contributed by atoms with Gasteiger partial charge in [0.2, 0.25) is 0 Å². The molecule has 8 heteroatoms. The van der Waals surface area contributed by atoms with Crippen molar-refractivity contribution in [1.29, 1.82) is 0 Å². The maximum Gasteiger partial charge on any atom is 0.355 e. The fraction of sp³-hybridized carbons (Fsp3) is 0.158. The number of esters is 1. The molecule has 8 nitrogen and oxygen atoms in total. The zero-order valence-electron chi connectivity index (χ0n) is 14.7. The second kappa shape index (κ2) is 7.28. The largest absolute Gasteiger partial charge is 0.451 e. The first-order valence-electron chi connectivity index (χ1n) is 8.16. The molecule has 0 spiro atoms. The van der Waals surface area contributed by atoms with Crippen LogP contribution in [0, 0.1) is 24.0 Å². The van der Waals surface area contributed by atoms with Crippen molar-refractivity contribution in [2.45, 2.75) is 13.8 Å². The number of anilines is 1. The fourth-order valence-corrected chi connectivity index (χ4v) is 2.77. The summed E-state index contributed by atoms with van der Waals surface area (Å²) in [5.41, 5.74) is 2.59. The zero-order valence-corrected chi connectivity index (χ0v) is 14.7. The predicted octanol–water partition coefficient (Wildman–Crippen LogP) is 3.49. The molecule has 1 amide bonds. The Bertz CT molecular complexity index is 1050. The number of benzene rings is 2. The Morgan fingerprint density at radius 1 is 1.19 bits per heavy atom. The fourth-order valence-electron chi connectivity index (χ4n) is 2.77. The minimum Gasteiger partial charge on any atom is -0.451 e. The van der Waals surface area contributed by atoms with E-state index in [4.69, 9.17) is 4.74 Å². The molecule has 0 bridgehead atoms. The Kier molecular flexibility index (Phi) is 4.89. The van der Waals surface area contributed by atoms with Crippen LogP contribution in [0.25, 0.3) is 10.9 Å². The van der Waals surface area contributed by atoms with E-state index < -0.39 is 23.4 Å². The smallest absolute Gasteiger partial charge is 0.355 e. The number of H-pyrrole nitrogens is 1. The second-order valence-corrected chi connectivity index (χ2v) is 6.05. The van der Waals surface area contributed by atoms with Crippen LogP contribution in [0.1, 0.15) is 21.6 Å². The van der Waals surface area contributed by atoms with Gasteiger partial charge >= 0.3 is 5.97 Å². The van der Waals surface area contributed by atoms with Crippen LogP contribution in [0.5, 0.6) is 0 Å². The molecule has 0 unspecified atom stereocenters. The number of nitrogens with one attached hydrogen (secondary N) is 2. The van der Waals surface area contributed by atoms with Crippen LogP contribution in [-0.2, 0) is 9.53 Å². The van der Waals surface area contributed by atoms with E-state index in [-0.39, 0.29) is 11.4 Å². The summed E-state index contributed by atoms with van der Waals surface area (Å²) in [6, 6.07) is 11.7. The number of nitrogens with zero attached hydrogens (tertiary/aromatic N) is 1. The minimum absolute atomic E-state index is 0.0989. The topological polar surface area (TPSA) is 114 Å². The molecule has 0 saturated heterocycles. The number of carbonyl (C=O) groups excluding carboxylic acids is 2. The number of aromatic amines is 1. The molecule has 27 heavy (non-hydrogen) atoms. The molecule has 0 radical (unpaired) electrons. The summed E-state index contributed by atoms with van der Waals surface area (Å²) < 4.78 is 5.03. The molecule has 1 aromatic heterocycles. The number of hydrogen-bond acceptors (Lipinski definition) is 5. The Hall–Kier alpha value is -3.68. The predicted molar refractivity (Wildman–Crippen MR) is 99.8 cm³/mol. The number of aryl methyl sites for hydroxylation is 1. The molecule has 0 saturated carbocycles. The minimum atomic E-state index is -0.656. The van der Waals surface area contributed by atoms with E-state index in [0.29, 0.717) is 11.3 Å². The van der Waals surface area contributed by atoms with Crippen LogP contribution in [0.4, 0.5) is 11.4 Å². The Morgan fingerprint density at radius 3 is 2.63 bits per heavy atom. The van der Waals surface area contributed by atoms with E-state index in [1.165, 1.54) is 19.1 Å². The van der Waals surface area contributed by atoms with E-state index in [1.54, 1.807) is 12.1 Å². The van der Waals surface area contributed by atoms with Gasteiger partial charge in [0.25, 0.3) is 11.6 Å². The van der Waals surface area contributed by atoms with E-state index in [0.717, 1.165) is 16.5 Å².